The number of benzene rings is 1. The molecule has 0 saturated heterocycles. The van der Waals surface area contributed by atoms with Crippen LogP contribution in [-0.4, -0.2) is 10.1 Å². The molecule has 1 heterocycles. The van der Waals surface area contributed by atoms with E-state index in [0.717, 1.165) is 10.0 Å². The molecule has 4 nitrogen and oxygen atoms in total. The maximum absolute atomic E-state index is 5.63. The molecule has 0 aliphatic rings. The highest BCUT2D eigenvalue weighted by Gasteiger charge is 2.11. The molecule has 0 amide bonds. The van der Waals surface area contributed by atoms with Crippen molar-refractivity contribution in [3.63, 3.8) is 0 Å². The van der Waals surface area contributed by atoms with Gasteiger partial charge in [0, 0.05) is 10.0 Å². The normalized spacial score (nSPS) is 12.7. The van der Waals surface area contributed by atoms with Crippen LogP contribution in [0.15, 0.2) is 33.3 Å². The second kappa shape index (κ2) is 4.12. The van der Waals surface area contributed by atoms with Gasteiger partial charge in [0.05, 0.1) is 6.04 Å². The average molecular weight is 268 g/mol. The van der Waals surface area contributed by atoms with Gasteiger partial charge < -0.3 is 10.3 Å². The maximum atomic E-state index is 5.63. The van der Waals surface area contributed by atoms with Crippen LogP contribution in [0.25, 0.3) is 11.4 Å². The van der Waals surface area contributed by atoms with E-state index < -0.39 is 0 Å². The number of nitrogens with zero attached hydrogens (tertiary/aromatic N) is 2. The Morgan fingerprint density at radius 3 is 2.53 bits per heavy atom. The van der Waals surface area contributed by atoms with Gasteiger partial charge in [0.15, 0.2) is 0 Å². The molecule has 2 aromatic rings. The Morgan fingerprint density at radius 2 is 2.00 bits per heavy atom. The van der Waals surface area contributed by atoms with Crippen molar-refractivity contribution in [2.75, 3.05) is 0 Å². The molecule has 0 bridgehead atoms. The smallest absolute Gasteiger partial charge is 0.243 e. The van der Waals surface area contributed by atoms with Crippen LogP contribution >= 0.6 is 15.9 Å². The summed E-state index contributed by atoms with van der Waals surface area (Å²) in [5.74, 6) is 1.02. The highest BCUT2D eigenvalue weighted by Crippen LogP contribution is 2.20. The van der Waals surface area contributed by atoms with Gasteiger partial charge in [-0.05, 0) is 31.2 Å². The van der Waals surface area contributed by atoms with Gasteiger partial charge in [-0.15, -0.1) is 0 Å². The van der Waals surface area contributed by atoms with Crippen LogP contribution in [0.5, 0.6) is 0 Å². The first kappa shape index (κ1) is 10.3. The van der Waals surface area contributed by atoms with Crippen LogP contribution in [0, 0.1) is 0 Å². The van der Waals surface area contributed by atoms with E-state index in [-0.39, 0.29) is 6.04 Å². The number of aromatic nitrogens is 2. The number of hydrogen-bond acceptors (Lipinski definition) is 4. The Hall–Kier alpha value is -1.20. The lowest BCUT2D eigenvalue weighted by Gasteiger charge is -1.94. The predicted octanol–water partition coefficient (Wildman–Crippen LogP) is 2.52. The molecule has 2 N–H and O–H groups in total. The molecule has 0 aliphatic carbocycles. The van der Waals surface area contributed by atoms with Crippen LogP contribution < -0.4 is 5.73 Å². The summed E-state index contributed by atoms with van der Waals surface area (Å²) in [6.45, 7) is 1.80. The minimum absolute atomic E-state index is 0.235. The van der Waals surface area contributed by atoms with E-state index >= 15 is 0 Å². The first-order valence-electron chi connectivity index (χ1n) is 4.52. The second-order valence-corrected chi connectivity index (χ2v) is 4.17. The molecule has 0 radical (unpaired) electrons. The zero-order valence-corrected chi connectivity index (χ0v) is 9.73. The summed E-state index contributed by atoms with van der Waals surface area (Å²) in [5, 5.41) is 3.86. The molecule has 1 atom stereocenters. The molecule has 5 heteroatoms. The van der Waals surface area contributed by atoms with E-state index in [1.807, 2.05) is 24.3 Å². The topological polar surface area (TPSA) is 64.9 Å². The number of hydrogen-bond donors (Lipinski definition) is 1. The van der Waals surface area contributed by atoms with E-state index in [9.17, 15) is 0 Å². The van der Waals surface area contributed by atoms with Crippen molar-refractivity contribution in [2.45, 2.75) is 13.0 Å². The quantitative estimate of drug-likeness (QED) is 0.908. The molecular formula is C10H10BrN3O. The summed E-state index contributed by atoms with van der Waals surface area (Å²) in [7, 11) is 0. The Labute approximate surface area is 95.6 Å². The molecule has 0 spiro atoms. The van der Waals surface area contributed by atoms with Gasteiger partial charge in [-0.2, -0.15) is 4.98 Å². The van der Waals surface area contributed by atoms with Crippen molar-refractivity contribution in [2.24, 2.45) is 5.73 Å². The fourth-order valence-corrected chi connectivity index (χ4v) is 1.40. The molecule has 0 saturated carbocycles. The first-order chi connectivity index (χ1) is 7.16. The highest BCUT2D eigenvalue weighted by atomic mass is 79.9. The van der Waals surface area contributed by atoms with Crippen molar-refractivity contribution in [1.29, 1.82) is 0 Å². The largest absolute Gasteiger partial charge is 0.337 e. The van der Waals surface area contributed by atoms with Crippen molar-refractivity contribution in [3.05, 3.63) is 34.6 Å². The zero-order chi connectivity index (χ0) is 10.8. The van der Waals surface area contributed by atoms with Gasteiger partial charge >= 0.3 is 0 Å². The standard InChI is InChI=1S/C10H10BrN3O/c1-6(12)10-13-9(14-15-10)7-2-4-8(11)5-3-7/h2-6H,12H2,1H3/t6-/m1/s1. The van der Waals surface area contributed by atoms with Crippen LogP contribution in [0.1, 0.15) is 18.9 Å². The second-order valence-electron chi connectivity index (χ2n) is 3.25. The molecule has 0 aliphatic heterocycles. The summed E-state index contributed by atoms with van der Waals surface area (Å²) >= 11 is 3.36. The van der Waals surface area contributed by atoms with E-state index in [4.69, 9.17) is 10.3 Å². The number of halogens is 1. The summed E-state index contributed by atoms with van der Waals surface area (Å²) in [6.07, 6.45) is 0. The van der Waals surface area contributed by atoms with Crippen molar-refractivity contribution in [3.8, 4) is 11.4 Å². The average Bonchev–Trinajstić information content (AvgIpc) is 2.68. The lowest BCUT2D eigenvalue weighted by atomic mass is 10.2. The molecule has 2 rings (SSSR count). The minimum atomic E-state index is -0.235. The van der Waals surface area contributed by atoms with Gasteiger partial charge in [0.25, 0.3) is 0 Å². The van der Waals surface area contributed by atoms with Crippen molar-refractivity contribution < 1.29 is 4.52 Å². The van der Waals surface area contributed by atoms with Gasteiger partial charge in [-0.1, -0.05) is 21.1 Å². The SMILES string of the molecule is C[C@@H](N)c1nc(-c2ccc(Br)cc2)no1. The van der Waals surface area contributed by atoms with E-state index in [2.05, 4.69) is 26.1 Å². The lowest BCUT2D eigenvalue weighted by molar-refractivity contribution is 0.362. The predicted molar refractivity (Wildman–Crippen MR) is 60.0 cm³/mol. The third-order valence-electron chi connectivity index (χ3n) is 1.93. The van der Waals surface area contributed by atoms with Gasteiger partial charge in [0.1, 0.15) is 0 Å². The monoisotopic (exact) mass is 267 g/mol. The van der Waals surface area contributed by atoms with Gasteiger partial charge in [-0.3, -0.25) is 0 Å². The molecule has 1 aromatic carbocycles. The lowest BCUT2D eigenvalue weighted by Crippen LogP contribution is -2.04. The van der Waals surface area contributed by atoms with E-state index in [0.29, 0.717) is 11.7 Å². The van der Waals surface area contributed by atoms with Crippen molar-refractivity contribution in [1.82, 2.24) is 10.1 Å². The highest BCUT2D eigenvalue weighted by molar-refractivity contribution is 9.10. The minimum Gasteiger partial charge on any atom is -0.337 e. The van der Waals surface area contributed by atoms with Crippen LogP contribution in [0.4, 0.5) is 0 Å². The summed E-state index contributed by atoms with van der Waals surface area (Å²) in [6, 6.07) is 7.45. The summed E-state index contributed by atoms with van der Waals surface area (Å²) < 4.78 is 6.03. The molecule has 15 heavy (non-hydrogen) atoms. The Morgan fingerprint density at radius 1 is 1.33 bits per heavy atom. The maximum Gasteiger partial charge on any atom is 0.243 e. The molecular weight excluding hydrogens is 258 g/mol. The molecule has 1 aromatic heterocycles. The summed E-state index contributed by atoms with van der Waals surface area (Å²) in [4.78, 5) is 4.19. The molecule has 0 fully saturated rings. The van der Waals surface area contributed by atoms with E-state index in [1.54, 1.807) is 6.92 Å². The first-order valence-corrected chi connectivity index (χ1v) is 5.31. The number of rotatable bonds is 2. The zero-order valence-electron chi connectivity index (χ0n) is 8.14. The third-order valence-corrected chi connectivity index (χ3v) is 2.46. The van der Waals surface area contributed by atoms with Gasteiger partial charge in [-0.25, -0.2) is 0 Å². The third kappa shape index (κ3) is 2.24. The fraction of sp³-hybridized carbons (Fsp3) is 0.200. The Balaban J connectivity index is 2.33. The van der Waals surface area contributed by atoms with Crippen LogP contribution in [0.2, 0.25) is 0 Å². The Kier molecular flexibility index (Phi) is 2.83. The summed E-state index contributed by atoms with van der Waals surface area (Å²) in [5.41, 5.74) is 6.54. The van der Waals surface area contributed by atoms with Gasteiger partial charge in [0.2, 0.25) is 11.7 Å². The molecule has 0 unspecified atom stereocenters. The fourth-order valence-electron chi connectivity index (χ4n) is 1.14. The van der Waals surface area contributed by atoms with E-state index in [1.165, 1.54) is 0 Å². The van der Waals surface area contributed by atoms with Crippen LogP contribution in [-0.2, 0) is 0 Å². The van der Waals surface area contributed by atoms with Crippen LogP contribution in [0.3, 0.4) is 0 Å². The Bertz CT molecular complexity index is 450. The number of nitrogens with two attached hydrogens (primary N) is 1. The van der Waals surface area contributed by atoms with Crippen molar-refractivity contribution >= 4 is 15.9 Å². The molecule has 78 valence electrons.